The van der Waals surface area contributed by atoms with Crippen LogP contribution in [0.25, 0.3) is 0 Å². The molecule has 0 aliphatic carbocycles. The number of hydrogen-bond acceptors (Lipinski definition) is 3. The molecule has 0 aliphatic rings. The number of nitrogens with one attached hydrogen (secondary N) is 1. The van der Waals surface area contributed by atoms with E-state index in [1.165, 1.54) is 0 Å². The summed E-state index contributed by atoms with van der Waals surface area (Å²) in [6.45, 7) is 6.19. The second kappa shape index (κ2) is 5.77. The Bertz CT molecular complexity index is 357. The van der Waals surface area contributed by atoms with Crippen molar-refractivity contribution in [2.75, 3.05) is 6.61 Å². The average molecular weight is 236 g/mol. The van der Waals surface area contributed by atoms with Gasteiger partial charge in [0.05, 0.1) is 0 Å². The molecule has 1 rings (SSSR count). The molecule has 1 atom stereocenters. The number of carbonyl (C=O) groups excluding carboxylic acids is 1. The molecule has 1 aromatic heterocycles. The smallest absolute Gasteiger partial charge is 0.251 e. The van der Waals surface area contributed by atoms with Gasteiger partial charge in [-0.15, -0.1) is 0 Å². The van der Waals surface area contributed by atoms with E-state index in [4.69, 9.17) is 5.11 Å². The Morgan fingerprint density at radius 2 is 2.00 bits per heavy atom. The molecule has 0 aliphatic heterocycles. The van der Waals surface area contributed by atoms with E-state index in [0.717, 1.165) is 0 Å². The third-order valence-corrected chi connectivity index (χ3v) is 2.71. The summed E-state index contributed by atoms with van der Waals surface area (Å²) in [5.74, 6) is -0.124. The van der Waals surface area contributed by atoms with Crippen molar-refractivity contribution < 1.29 is 9.90 Å². The number of rotatable bonds is 4. The predicted molar refractivity (Wildman–Crippen MR) is 66.6 cm³/mol. The van der Waals surface area contributed by atoms with Crippen LogP contribution in [0, 0.1) is 5.41 Å². The van der Waals surface area contributed by atoms with Gasteiger partial charge in [-0.2, -0.15) is 0 Å². The van der Waals surface area contributed by atoms with Gasteiger partial charge in [-0.25, -0.2) is 0 Å². The number of nitrogens with zero attached hydrogens (tertiary/aromatic N) is 1. The Morgan fingerprint density at radius 3 is 2.47 bits per heavy atom. The Balaban J connectivity index is 2.71. The number of pyridine rings is 1. The number of amides is 1. The van der Waals surface area contributed by atoms with Crippen LogP contribution < -0.4 is 5.32 Å². The van der Waals surface area contributed by atoms with Gasteiger partial charge >= 0.3 is 0 Å². The van der Waals surface area contributed by atoms with Gasteiger partial charge in [-0.3, -0.25) is 9.78 Å². The van der Waals surface area contributed by atoms with Crippen LogP contribution in [0.3, 0.4) is 0 Å². The minimum Gasteiger partial charge on any atom is -0.396 e. The fourth-order valence-electron chi connectivity index (χ4n) is 1.60. The van der Waals surface area contributed by atoms with E-state index >= 15 is 0 Å². The third-order valence-electron chi connectivity index (χ3n) is 2.71. The Hall–Kier alpha value is -1.42. The molecule has 0 saturated heterocycles. The van der Waals surface area contributed by atoms with Gasteiger partial charge in [0.15, 0.2) is 0 Å². The van der Waals surface area contributed by atoms with Crippen LogP contribution in [0.15, 0.2) is 24.5 Å². The molecule has 4 nitrogen and oxygen atoms in total. The monoisotopic (exact) mass is 236 g/mol. The third kappa shape index (κ3) is 4.15. The van der Waals surface area contributed by atoms with Crippen molar-refractivity contribution in [3.05, 3.63) is 30.1 Å². The van der Waals surface area contributed by atoms with Gasteiger partial charge in [-0.1, -0.05) is 20.8 Å². The number of aliphatic hydroxyl groups excluding tert-OH is 1. The van der Waals surface area contributed by atoms with Crippen molar-refractivity contribution in [2.24, 2.45) is 5.41 Å². The molecule has 0 aromatic carbocycles. The highest BCUT2D eigenvalue weighted by atomic mass is 16.3. The van der Waals surface area contributed by atoms with Crippen molar-refractivity contribution in [2.45, 2.75) is 33.2 Å². The van der Waals surface area contributed by atoms with Gasteiger partial charge in [0.25, 0.3) is 5.91 Å². The number of aromatic nitrogens is 1. The first-order valence-electron chi connectivity index (χ1n) is 5.77. The van der Waals surface area contributed by atoms with Crippen molar-refractivity contribution in [3.63, 3.8) is 0 Å². The summed E-state index contributed by atoms with van der Waals surface area (Å²) in [5, 5.41) is 12.0. The largest absolute Gasteiger partial charge is 0.396 e. The molecule has 1 aromatic rings. The fourth-order valence-corrected chi connectivity index (χ4v) is 1.60. The second-order valence-corrected chi connectivity index (χ2v) is 5.14. The molecule has 1 unspecified atom stereocenters. The Labute approximate surface area is 102 Å². The van der Waals surface area contributed by atoms with Gasteiger partial charge in [0.1, 0.15) is 0 Å². The Kier molecular flexibility index (Phi) is 4.63. The first kappa shape index (κ1) is 13.6. The van der Waals surface area contributed by atoms with Crippen LogP contribution in [0.2, 0.25) is 0 Å². The molecule has 94 valence electrons. The first-order valence-corrected chi connectivity index (χ1v) is 5.77. The minimum atomic E-state index is -0.124. The molecule has 1 heterocycles. The van der Waals surface area contributed by atoms with E-state index in [2.05, 4.69) is 10.3 Å². The normalized spacial score (nSPS) is 13.2. The Morgan fingerprint density at radius 1 is 1.41 bits per heavy atom. The molecular formula is C13H20N2O2. The molecule has 1 amide bonds. The van der Waals surface area contributed by atoms with Crippen LogP contribution in [-0.4, -0.2) is 28.6 Å². The molecular weight excluding hydrogens is 216 g/mol. The van der Waals surface area contributed by atoms with Gasteiger partial charge in [-0.05, 0) is 24.0 Å². The maximum atomic E-state index is 12.0. The maximum Gasteiger partial charge on any atom is 0.251 e. The van der Waals surface area contributed by atoms with E-state index in [9.17, 15) is 4.79 Å². The lowest BCUT2D eigenvalue weighted by Gasteiger charge is -2.31. The molecule has 2 N–H and O–H groups in total. The van der Waals surface area contributed by atoms with E-state index in [-0.39, 0.29) is 24.0 Å². The summed E-state index contributed by atoms with van der Waals surface area (Å²) in [4.78, 5) is 15.8. The highest BCUT2D eigenvalue weighted by molar-refractivity contribution is 5.94. The van der Waals surface area contributed by atoms with Crippen molar-refractivity contribution in [1.29, 1.82) is 0 Å². The number of aliphatic hydroxyl groups is 1. The zero-order chi connectivity index (χ0) is 12.9. The lowest BCUT2D eigenvalue weighted by Crippen LogP contribution is -2.44. The summed E-state index contributed by atoms with van der Waals surface area (Å²) >= 11 is 0. The van der Waals surface area contributed by atoms with Gasteiger partial charge in [0, 0.05) is 30.6 Å². The number of hydrogen-bond donors (Lipinski definition) is 2. The molecule has 17 heavy (non-hydrogen) atoms. The molecule has 0 saturated carbocycles. The predicted octanol–water partition coefficient (Wildman–Crippen LogP) is 1.61. The zero-order valence-electron chi connectivity index (χ0n) is 10.6. The summed E-state index contributed by atoms with van der Waals surface area (Å²) in [6.07, 6.45) is 3.74. The average Bonchev–Trinajstić information content (AvgIpc) is 2.28. The fraction of sp³-hybridized carbons (Fsp3) is 0.538. The molecule has 0 bridgehead atoms. The van der Waals surface area contributed by atoms with E-state index in [0.29, 0.717) is 12.0 Å². The summed E-state index contributed by atoms with van der Waals surface area (Å²) in [6, 6.07) is 3.30. The standard InChI is InChI=1S/C13H20N2O2/c1-13(2,3)11(6-9-16)15-12(17)10-4-7-14-8-5-10/h4-5,7-8,11,16H,6,9H2,1-3H3,(H,15,17). The van der Waals surface area contributed by atoms with Gasteiger partial charge < -0.3 is 10.4 Å². The summed E-state index contributed by atoms with van der Waals surface area (Å²) in [5.41, 5.74) is 0.512. The van der Waals surface area contributed by atoms with E-state index < -0.39 is 0 Å². The van der Waals surface area contributed by atoms with Gasteiger partial charge in [0.2, 0.25) is 0 Å². The highest BCUT2D eigenvalue weighted by Crippen LogP contribution is 2.21. The van der Waals surface area contributed by atoms with Crippen molar-refractivity contribution in [3.8, 4) is 0 Å². The van der Waals surface area contributed by atoms with E-state index in [1.807, 2.05) is 20.8 Å². The topological polar surface area (TPSA) is 62.2 Å². The van der Waals surface area contributed by atoms with Crippen molar-refractivity contribution in [1.82, 2.24) is 10.3 Å². The van der Waals surface area contributed by atoms with E-state index in [1.54, 1.807) is 24.5 Å². The van der Waals surface area contributed by atoms with Crippen LogP contribution in [0.4, 0.5) is 0 Å². The number of carbonyl (C=O) groups is 1. The summed E-state index contributed by atoms with van der Waals surface area (Å²) < 4.78 is 0. The molecule has 0 fully saturated rings. The first-order chi connectivity index (χ1) is 7.95. The maximum absolute atomic E-state index is 12.0. The van der Waals surface area contributed by atoms with Crippen molar-refractivity contribution >= 4 is 5.91 Å². The van der Waals surface area contributed by atoms with Crippen LogP contribution >= 0.6 is 0 Å². The highest BCUT2D eigenvalue weighted by Gasteiger charge is 2.25. The van der Waals surface area contributed by atoms with Crippen LogP contribution in [-0.2, 0) is 0 Å². The SMILES string of the molecule is CC(C)(C)C(CCO)NC(=O)c1ccncc1. The van der Waals surface area contributed by atoms with Crippen LogP contribution in [0.5, 0.6) is 0 Å². The minimum absolute atomic E-state index is 0.0480. The lowest BCUT2D eigenvalue weighted by atomic mass is 9.85. The van der Waals surface area contributed by atoms with Crippen LogP contribution in [0.1, 0.15) is 37.6 Å². The lowest BCUT2D eigenvalue weighted by molar-refractivity contribution is 0.0885. The summed E-state index contributed by atoms with van der Waals surface area (Å²) in [7, 11) is 0. The second-order valence-electron chi connectivity index (χ2n) is 5.14. The molecule has 0 radical (unpaired) electrons. The zero-order valence-corrected chi connectivity index (χ0v) is 10.6. The molecule has 0 spiro atoms. The quantitative estimate of drug-likeness (QED) is 0.835. The molecule has 4 heteroatoms.